The van der Waals surface area contributed by atoms with Crippen molar-refractivity contribution in [2.75, 3.05) is 36.4 Å². The van der Waals surface area contributed by atoms with Crippen LogP contribution in [0.5, 0.6) is 0 Å². The van der Waals surface area contributed by atoms with Gasteiger partial charge in [-0.25, -0.2) is 4.98 Å². The Hall–Kier alpha value is -3.86. The lowest BCUT2D eigenvalue weighted by atomic mass is 9.85. The summed E-state index contributed by atoms with van der Waals surface area (Å²) in [4.78, 5) is 36.3. The molecule has 3 aromatic rings. The van der Waals surface area contributed by atoms with Crippen LogP contribution in [0, 0.1) is 5.92 Å². The molecule has 1 aliphatic carbocycles. The number of piperazine rings is 1. The third-order valence-corrected chi connectivity index (χ3v) is 7.71. The summed E-state index contributed by atoms with van der Waals surface area (Å²) in [5, 5.41) is 13.1. The largest absolute Gasteiger partial charge is 0.418 e. The van der Waals surface area contributed by atoms with Gasteiger partial charge in [-0.3, -0.25) is 9.59 Å². The van der Waals surface area contributed by atoms with Crippen molar-refractivity contribution in [2.24, 2.45) is 5.92 Å². The van der Waals surface area contributed by atoms with E-state index in [1.54, 1.807) is 47.4 Å². The molecule has 0 bridgehead atoms. The molecule has 5 rings (SSSR count). The van der Waals surface area contributed by atoms with Crippen LogP contribution in [0.1, 0.15) is 48.2 Å². The highest BCUT2D eigenvalue weighted by Crippen LogP contribution is 2.35. The van der Waals surface area contributed by atoms with Gasteiger partial charge in [0.25, 0.3) is 11.8 Å². The summed E-state index contributed by atoms with van der Waals surface area (Å²) in [5.41, 5.74) is -0.651. The number of anilines is 2. The molecule has 0 unspecified atom stereocenters. The van der Waals surface area contributed by atoms with E-state index in [1.165, 1.54) is 6.20 Å². The molecule has 1 saturated carbocycles. The van der Waals surface area contributed by atoms with Crippen molar-refractivity contribution in [1.29, 1.82) is 0 Å². The Kier molecular flexibility index (Phi) is 8.11. The first kappa shape index (κ1) is 27.7. The minimum absolute atomic E-state index is 0.0341. The third kappa shape index (κ3) is 6.14. The Morgan fingerprint density at radius 1 is 1.00 bits per heavy atom. The maximum absolute atomic E-state index is 13.7. The predicted molar refractivity (Wildman–Crippen MR) is 145 cm³/mol. The van der Waals surface area contributed by atoms with Gasteiger partial charge in [0.05, 0.1) is 17.4 Å². The second-order valence-corrected chi connectivity index (χ2v) is 10.3. The lowest BCUT2D eigenvalue weighted by Gasteiger charge is -2.37. The molecule has 1 aromatic carbocycles. The molecule has 1 saturated heterocycles. The van der Waals surface area contributed by atoms with E-state index in [-0.39, 0.29) is 23.2 Å². The molecule has 0 radical (unpaired) electrons. The van der Waals surface area contributed by atoms with E-state index in [1.807, 2.05) is 4.90 Å². The minimum atomic E-state index is -4.71. The van der Waals surface area contributed by atoms with Crippen LogP contribution < -0.4 is 10.2 Å². The van der Waals surface area contributed by atoms with Crippen molar-refractivity contribution in [1.82, 2.24) is 14.9 Å². The third-order valence-electron chi connectivity index (χ3n) is 7.71. The molecule has 212 valence electrons. The average Bonchev–Trinajstić information content (AvgIpc) is 3.45. The number of nitrogens with zero attached hydrogens (tertiary/aromatic N) is 3. The number of nitrogens with one attached hydrogen (secondary N) is 2. The maximum Gasteiger partial charge on any atom is 0.418 e. The molecule has 40 heavy (non-hydrogen) atoms. The Labute approximate surface area is 230 Å². The van der Waals surface area contributed by atoms with Gasteiger partial charge in [0.2, 0.25) is 0 Å². The standard InChI is InChI=1S/C29H32F3N5O3/c30-29(31,32)22-17-23(19-7-3-1-4-8-19)35-25(22)27(39)34-21-11-12-24(33-18-21)36-13-15-37(16-14-36)28(40)26(38)20-9-5-2-6-10-20/h1,3-4,7-8,11-12,17-18,20,26,35,38H,2,5-6,9-10,13-16H2,(H,34,39)/t26-/m1/s1. The van der Waals surface area contributed by atoms with Gasteiger partial charge in [0, 0.05) is 31.9 Å². The van der Waals surface area contributed by atoms with Crippen molar-refractivity contribution in [3.8, 4) is 11.3 Å². The molecule has 11 heteroatoms. The van der Waals surface area contributed by atoms with Crippen LogP contribution in [0.25, 0.3) is 11.3 Å². The van der Waals surface area contributed by atoms with E-state index < -0.39 is 29.4 Å². The van der Waals surface area contributed by atoms with E-state index in [0.29, 0.717) is 37.6 Å². The van der Waals surface area contributed by atoms with E-state index in [9.17, 15) is 27.9 Å². The van der Waals surface area contributed by atoms with Gasteiger partial charge < -0.3 is 25.2 Å². The lowest BCUT2D eigenvalue weighted by molar-refractivity contribution is -0.144. The topological polar surface area (TPSA) is 102 Å². The fourth-order valence-electron chi connectivity index (χ4n) is 5.47. The molecule has 3 N–H and O–H groups in total. The number of aromatic nitrogens is 2. The van der Waals surface area contributed by atoms with Crippen molar-refractivity contribution in [3.05, 3.63) is 66.0 Å². The summed E-state index contributed by atoms with van der Waals surface area (Å²) in [7, 11) is 0. The van der Waals surface area contributed by atoms with Gasteiger partial charge in [-0.1, -0.05) is 49.6 Å². The first-order valence-corrected chi connectivity index (χ1v) is 13.6. The van der Waals surface area contributed by atoms with Gasteiger partial charge in [-0.2, -0.15) is 13.2 Å². The second-order valence-electron chi connectivity index (χ2n) is 10.3. The number of benzene rings is 1. The fourth-order valence-corrected chi connectivity index (χ4v) is 5.47. The smallest absolute Gasteiger partial charge is 0.383 e. The molecular formula is C29H32F3N5O3. The molecule has 2 aliphatic rings. The molecule has 2 aromatic heterocycles. The van der Waals surface area contributed by atoms with E-state index in [2.05, 4.69) is 15.3 Å². The summed E-state index contributed by atoms with van der Waals surface area (Å²) in [6.45, 7) is 1.97. The average molecular weight is 556 g/mol. The zero-order valence-corrected chi connectivity index (χ0v) is 22.0. The molecule has 2 fully saturated rings. The van der Waals surface area contributed by atoms with Crippen LogP contribution in [0.3, 0.4) is 0 Å². The van der Waals surface area contributed by atoms with Crippen LogP contribution in [0.4, 0.5) is 24.7 Å². The summed E-state index contributed by atoms with van der Waals surface area (Å²) in [6.07, 6.45) is 0.753. The van der Waals surface area contributed by atoms with Gasteiger partial charge in [0.15, 0.2) is 0 Å². The Morgan fingerprint density at radius 2 is 1.70 bits per heavy atom. The number of amides is 2. The monoisotopic (exact) mass is 555 g/mol. The number of carbonyl (C=O) groups is 2. The van der Waals surface area contributed by atoms with Crippen LogP contribution in [-0.2, 0) is 11.0 Å². The van der Waals surface area contributed by atoms with Gasteiger partial charge in [-0.05, 0) is 42.5 Å². The zero-order valence-electron chi connectivity index (χ0n) is 22.0. The number of alkyl halides is 3. The van der Waals surface area contributed by atoms with E-state index >= 15 is 0 Å². The number of pyridine rings is 1. The van der Waals surface area contributed by atoms with Crippen LogP contribution >= 0.6 is 0 Å². The summed E-state index contributed by atoms with van der Waals surface area (Å²) in [5.74, 6) is -0.477. The Balaban J connectivity index is 1.20. The van der Waals surface area contributed by atoms with Gasteiger partial charge >= 0.3 is 6.18 Å². The Morgan fingerprint density at radius 3 is 2.33 bits per heavy atom. The number of aromatic amines is 1. The van der Waals surface area contributed by atoms with Crippen molar-refractivity contribution < 1.29 is 27.9 Å². The SMILES string of the molecule is O=C(Nc1ccc(N2CCN(C(=O)[C@H](O)C3CCCCC3)CC2)nc1)c1[nH]c(-c2ccccc2)cc1C(F)(F)F. The molecule has 1 aliphatic heterocycles. The molecule has 1 atom stereocenters. The first-order valence-electron chi connectivity index (χ1n) is 13.6. The van der Waals surface area contributed by atoms with Crippen LogP contribution in [0.2, 0.25) is 0 Å². The van der Waals surface area contributed by atoms with E-state index in [0.717, 1.165) is 38.2 Å². The minimum Gasteiger partial charge on any atom is -0.383 e. The highest BCUT2D eigenvalue weighted by molar-refractivity contribution is 6.04. The van der Waals surface area contributed by atoms with Crippen LogP contribution in [-0.4, -0.2) is 64.1 Å². The van der Waals surface area contributed by atoms with Gasteiger partial charge in [-0.15, -0.1) is 0 Å². The normalized spacial score (nSPS) is 17.5. The highest BCUT2D eigenvalue weighted by atomic mass is 19.4. The van der Waals surface area contributed by atoms with Crippen molar-refractivity contribution >= 4 is 23.3 Å². The number of hydrogen-bond acceptors (Lipinski definition) is 5. The molecule has 3 heterocycles. The summed E-state index contributed by atoms with van der Waals surface area (Å²) < 4.78 is 41.1. The van der Waals surface area contributed by atoms with E-state index in [4.69, 9.17) is 0 Å². The fraction of sp³-hybridized carbons (Fsp3) is 0.414. The zero-order chi connectivity index (χ0) is 28.3. The number of carbonyl (C=O) groups excluding carboxylic acids is 2. The number of halogens is 3. The second kappa shape index (κ2) is 11.7. The number of H-pyrrole nitrogens is 1. The molecule has 8 nitrogen and oxygen atoms in total. The van der Waals surface area contributed by atoms with Crippen molar-refractivity contribution in [2.45, 2.75) is 44.4 Å². The van der Waals surface area contributed by atoms with Crippen LogP contribution in [0.15, 0.2) is 54.7 Å². The number of hydrogen-bond donors (Lipinski definition) is 3. The van der Waals surface area contributed by atoms with Crippen molar-refractivity contribution in [3.63, 3.8) is 0 Å². The number of aliphatic hydroxyl groups excluding tert-OH is 1. The Bertz CT molecular complexity index is 1310. The first-order chi connectivity index (χ1) is 19.2. The molecule has 2 amide bonds. The number of aliphatic hydroxyl groups is 1. The quantitative estimate of drug-likeness (QED) is 0.400. The summed E-state index contributed by atoms with van der Waals surface area (Å²) >= 11 is 0. The number of rotatable bonds is 6. The molecule has 0 spiro atoms. The summed E-state index contributed by atoms with van der Waals surface area (Å²) in [6, 6.07) is 12.7. The molecular weight excluding hydrogens is 523 g/mol. The maximum atomic E-state index is 13.7. The van der Waals surface area contributed by atoms with Gasteiger partial charge in [0.1, 0.15) is 17.6 Å². The highest BCUT2D eigenvalue weighted by Gasteiger charge is 2.37. The lowest BCUT2D eigenvalue weighted by Crippen LogP contribution is -2.53. The predicted octanol–water partition coefficient (Wildman–Crippen LogP) is 4.94.